The summed E-state index contributed by atoms with van der Waals surface area (Å²) in [5.41, 5.74) is 1.18. The molecule has 142 valence electrons. The molecule has 2 N–H and O–H groups in total. The van der Waals surface area contributed by atoms with Crippen LogP contribution in [0.1, 0.15) is 31.1 Å². The molecule has 1 heterocycles. The molecule has 0 saturated carbocycles. The Balaban J connectivity index is 1.80. The topological polar surface area (TPSA) is 58.8 Å². The molecule has 2 rings (SSSR count). The number of hydrogen-bond acceptors (Lipinski definition) is 3. The molecule has 0 atom stereocenters. The van der Waals surface area contributed by atoms with Gasteiger partial charge in [-0.25, -0.2) is 4.99 Å². The van der Waals surface area contributed by atoms with Crippen molar-refractivity contribution in [3.05, 3.63) is 58.5 Å². The van der Waals surface area contributed by atoms with Gasteiger partial charge in [0.2, 0.25) is 0 Å². The van der Waals surface area contributed by atoms with Gasteiger partial charge in [-0.1, -0.05) is 28.1 Å². The van der Waals surface area contributed by atoms with Gasteiger partial charge in [0.25, 0.3) is 0 Å². The van der Waals surface area contributed by atoms with Crippen molar-refractivity contribution in [2.75, 3.05) is 26.3 Å². The normalized spacial score (nSPS) is 11.5. The van der Waals surface area contributed by atoms with Crippen LogP contribution in [0.2, 0.25) is 0 Å². The summed E-state index contributed by atoms with van der Waals surface area (Å²) < 4.78 is 11.8. The molecule has 1 aromatic heterocycles. The summed E-state index contributed by atoms with van der Waals surface area (Å²) in [6.07, 6.45) is 4.63. The van der Waals surface area contributed by atoms with Crippen molar-refractivity contribution in [1.82, 2.24) is 10.6 Å². The van der Waals surface area contributed by atoms with E-state index in [2.05, 4.69) is 38.7 Å². The quantitative estimate of drug-likeness (QED) is 0.325. The average molecular weight is 422 g/mol. The van der Waals surface area contributed by atoms with Crippen LogP contribution < -0.4 is 10.6 Å². The summed E-state index contributed by atoms with van der Waals surface area (Å²) in [4.78, 5) is 4.69. The van der Waals surface area contributed by atoms with Crippen LogP contribution in [0.15, 0.2) is 56.5 Å². The number of furan rings is 1. The van der Waals surface area contributed by atoms with E-state index in [1.54, 1.807) is 6.26 Å². The highest BCUT2D eigenvalue weighted by Crippen LogP contribution is 2.11. The fourth-order valence-electron chi connectivity index (χ4n) is 2.37. The molecular formula is C20H28BrN3O2. The maximum atomic E-state index is 5.37. The van der Waals surface area contributed by atoms with E-state index in [1.807, 2.05) is 31.2 Å². The molecule has 0 aliphatic carbocycles. The third-order valence-electron chi connectivity index (χ3n) is 3.79. The third-order valence-corrected chi connectivity index (χ3v) is 4.32. The fraction of sp³-hybridized carbons (Fsp3) is 0.450. The fourth-order valence-corrected chi connectivity index (χ4v) is 2.64. The second kappa shape index (κ2) is 12.5. The minimum Gasteiger partial charge on any atom is -0.469 e. The minimum absolute atomic E-state index is 0.641. The zero-order chi connectivity index (χ0) is 18.5. The first-order valence-electron chi connectivity index (χ1n) is 9.14. The van der Waals surface area contributed by atoms with Crippen molar-refractivity contribution in [3.63, 3.8) is 0 Å². The molecule has 0 aliphatic rings. The summed E-state index contributed by atoms with van der Waals surface area (Å²) in [6.45, 7) is 5.91. The van der Waals surface area contributed by atoms with Gasteiger partial charge in [-0.15, -0.1) is 0 Å². The highest BCUT2D eigenvalue weighted by molar-refractivity contribution is 9.10. The van der Waals surface area contributed by atoms with E-state index in [-0.39, 0.29) is 0 Å². The van der Waals surface area contributed by atoms with E-state index >= 15 is 0 Å². The molecule has 0 amide bonds. The lowest BCUT2D eigenvalue weighted by Gasteiger charge is -2.12. The Hall–Kier alpha value is -1.79. The van der Waals surface area contributed by atoms with E-state index in [4.69, 9.17) is 14.1 Å². The largest absolute Gasteiger partial charge is 0.469 e. The van der Waals surface area contributed by atoms with Crippen LogP contribution in [-0.4, -0.2) is 32.3 Å². The van der Waals surface area contributed by atoms with Gasteiger partial charge in [-0.2, -0.15) is 0 Å². The maximum Gasteiger partial charge on any atom is 0.191 e. The van der Waals surface area contributed by atoms with E-state index in [0.29, 0.717) is 6.54 Å². The molecule has 0 unspecified atom stereocenters. The van der Waals surface area contributed by atoms with Crippen LogP contribution in [-0.2, 0) is 17.7 Å². The summed E-state index contributed by atoms with van der Waals surface area (Å²) in [7, 11) is 0. The maximum absolute atomic E-state index is 5.37. The van der Waals surface area contributed by atoms with Crippen LogP contribution in [0.25, 0.3) is 0 Å². The second-order valence-corrected chi connectivity index (χ2v) is 6.79. The summed E-state index contributed by atoms with van der Waals surface area (Å²) in [5.74, 6) is 1.80. The first kappa shape index (κ1) is 20.5. The zero-order valence-corrected chi connectivity index (χ0v) is 16.9. The van der Waals surface area contributed by atoms with Crippen LogP contribution in [0.4, 0.5) is 0 Å². The Morgan fingerprint density at radius 1 is 1.12 bits per heavy atom. The predicted octanol–water partition coefficient (Wildman–Crippen LogP) is 4.14. The number of nitrogens with one attached hydrogen (secondary N) is 2. The molecule has 2 aromatic rings. The van der Waals surface area contributed by atoms with Gasteiger partial charge >= 0.3 is 0 Å². The Morgan fingerprint density at radius 2 is 1.92 bits per heavy atom. The predicted molar refractivity (Wildman–Crippen MR) is 109 cm³/mol. The smallest absolute Gasteiger partial charge is 0.191 e. The van der Waals surface area contributed by atoms with Crippen molar-refractivity contribution in [2.24, 2.45) is 4.99 Å². The molecule has 0 radical (unpaired) electrons. The van der Waals surface area contributed by atoms with Gasteiger partial charge < -0.3 is 19.8 Å². The van der Waals surface area contributed by atoms with Crippen LogP contribution in [0, 0.1) is 0 Å². The molecule has 0 saturated heterocycles. The SMILES string of the molecule is CCOCCCCNC(=NCc1ccc(Br)cc1)NCCc1ccco1. The number of ether oxygens (including phenoxy) is 1. The first-order chi connectivity index (χ1) is 12.8. The number of benzene rings is 1. The van der Waals surface area contributed by atoms with Crippen molar-refractivity contribution in [2.45, 2.75) is 32.7 Å². The first-order valence-corrected chi connectivity index (χ1v) is 9.94. The highest BCUT2D eigenvalue weighted by atomic mass is 79.9. The number of unbranched alkanes of at least 4 members (excludes halogenated alkanes) is 1. The number of halogens is 1. The lowest BCUT2D eigenvalue weighted by molar-refractivity contribution is 0.143. The van der Waals surface area contributed by atoms with Crippen molar-refractivity contribution in [1.29, 1.82) is 0 Å². The molecule has 5 nitrogen and oxygen atoms in total. The van der Waals surface area contributed by atoms with E-state index in [1.165, 1.54) is 5.56 Å². The van der Waals surface area contributed by atoms with E-state index in [9.17, 15) is 0 Å². The molecule has 26 heavy (non-hydrogen) atoms. The highest BCUT2D eigenvalue weighted by Gasteiger charge is 2.01. The van der Waals surface area contributed by atoms with Crippen molar-refractivity contribution < 1.29 is 9.15 Å². The van der Waals surface area contributed by atoms with Crippen molar-refractivity contribution in [3.8, 4) is 0 Å². The van der Waals surface area contributed by atoms with Gasteiger partial charge in [0.15, 0.2) is 5.96 Å². The average Bonchev–Trinajstić information content (AvgIpc) is 3.16. The van der Waals surface area contributed by atoms with Crippen LogP contribution >= 0.6 is 15.9 Å². The number of rotatable bonds is 11. The number of aliphatic imine (C=N–C) groups is 1. The number of guanidine groups is 1. The summed E-state index contributed by atoms with van der Waals surface area (Å²) >= 11 is 3.46. The van der Waals surface area contributed by atoms with E-state index < -0.39 is 0 Å². The standard InChI is InChI=1S/C20H28BrN3O2/c1-2-25-14-4-3-12-22-20(23-13-11-19-6-5-15-26-19)24-16-17-7-9-18(21)10-8-17/h5-10,15H,2-4,11-14,16H2,1H3,(H2,22,23,24). The third kappa shape index (κ3) is 8.54. The molecule has 0 aliphatic heterocycles. The number of nitrogens with zero attached hydrogens (tertiary/aromatic N) is 1. The van der Waals surface area contributed by atoms with Crippen LogP contribution in [0.3, 0.4) is 0 Å². The Labute approximate surface area is 164 Å². The molecule has 0 spiro atoms. The molecular weight excluding hydrogens is 394 g/mol. The Bertz CT molecular complexity index is 627. The van der Waals surface area contributed by atoms with Crippen molar-refractivity contribution >= 4 is 21.9 Å². The molecule has 6 heteroatoms. The summed E-state index contributed by atoms with van der Waals surface area (Å²) in [5, 5.41) is 6.78. The van der Waals surface area contributed by atoms with Gasteiger partial charge in [-0.3, -0.25) is 0 Å². The van der Waals surface area contributed by atoms with Gasteiger partial charge in [0.05, 0.1) is 12.8 Å². The Kier molecular flexibility index (Phi) is 9.90. The second-order valence-electron chi connectivity index (χ2n) is 5.88. The van der Waals surface area contributed by atoms with Gasteiger partial charge in [0.1, 0.15) is 5.76 Å². The molecule has 0 fully saturated rings. The zero-order valence-electron chi connectivity index (χ0n) is 15.3. The minimum atomic E-state index is 0.641. The molecule has 1 aromatic carbocycles. The monoisotopic (exact) mass is 421 g/mol. The lowest BCUT2D eigenvalue weighted by Crippen LogP contribution is -2.39. The van der Waals surface area contributed by atoms with E-state index in [0.717, 1.165) is 61.8 Å². The van der Waals surface area contributed by atoms with Crippen LogP contribution in [0.5, 0.6) is 0 Å². The Morgan fingerprint density at radius 3 is 2.65 bits per heavy atom. The number of hydrogen-bond donors (Lipinski definition) is 2. The lowest BCUT2D eigenvalue weighted by atomic mass is 10.2. The van der Waals surface area contributed by atoms with Gasteiger partial charge in [0, 0.05) is 37.2 Å². The molecule has 0 bridgehead atoms. The summed E-state index contributed by atoms with van der Waals surface area (Å²) in [6, 6.07) is 12.1. The van der Waals surface area contributed by atoms with Gasteiger partial charge in [-0.05, 0) is 49.6 Å².